The van der Waals surface area contributed by atoms with Crippen molar-refractivity contribution in [1.82, 2.24) is 0 Å². The van der Waals surface area contributed by atoms with E-state index in [1.807, 2.05) is 0 Å². The molecular formula is C21H23ClF4NO4P. The van der Waals surface area contributed by atoms with Gasteiger partial charge in [-0.1, -0.05) is 29.8 Å². The maximum atomic E-state index is 13.9. The smallest absolute Gasteiger partial charge is 0.419 e. The minimum Gasteiger partial charge on any atom is -0.493 e. The van der Waals surface area contributed by atoms with Crippen molar-refractivity contribution < 1.29 is 36.5 Å². The third-order valence-corrected chi connectivity index (χ3v) is 5.39. The fourth-order valence-corrected chi connectivity index (χ4v) is 3.52. The Morgan fingerprint density at radius 1 is 1.16 bits per heavy atom. The summed E-state index contributed by atoms with van der Waals surface area (Å²) in [5.74, 6) is -0.879. The van der Waals surface area contributed by atoms with Crippen molar-refractivity contribution in [2.24, 2.45) is 5.73 Å². The molecule has 1 unspecified atom stereocenters. The van der Waals surface area contributed by atoms with Crippen molar-refractivity contribution in [3.05, 3.63) is 63.9 Å². The molecule has 0 saturated heterocycles. The molecule has 2 rings (SSSR count). The number of alkyl halides is 3. The Labute approximate surface area is 189 Å². The third-order valence-electron chi connectivity index (χ3n) is 4.86. The Morgan fingerprint density at radius 3 is 2.56 bits per heavy atom. The van der Waals surface area contributed by atoms with E-state index in [0.717, 1.165) is 6.07 Å². The Morgan fingerprint density at radius 2 is 1.91 bits per heavy atom. The molecule has 0 aliphatic rings. The van der Waals surface area contributed by atoms with Crippen LogP contribution in [0.25, 0.3) is 0 Å². The summed E-state index contributed by atoms with van der Waals surface area (Å²) >= 11 is 5.72. The van der Waals surface area contributed by atoms with Crippen LogP contribution in [-0.2, 0) is 28.1 Å². The summed E-state index contributed by atoms with van der Waals surface area (Å²) in [6, 6.07) is 8.24. The standard InChI is InChI=1S/C21H23ClF4NO4P/c22-17-5-1-3-15(19(17)23)4-2-10-30-18-7-6-14(11-16(18)21(24,25)26)8-9-20(27,12-28)13-31-32-29/h1,3,5-7,11,28H,2,4,8-10,12-13,27H2. The lowest BCUT2D eigenvalue weighted by molar-refractivity contribution is -0.139. The Bertz CT molecular complexity index is 916. The van der Waals surface area contributed by atoms with Crippen molar-refractivity contribution in [2.75, 3.05) is 19.8 Å². The van der Waals surface area contributed by atoms with E-state index in [4.69, 9.17) is 22.1 Å². The van der Waals surface area contributed by atoms with Gasteiger partial charge in [-0.25, -0.2) is 8.96 Å². The average Bonchev–Trinajstić information content (AvgIpc) is 2.76. The van der Waals surface area contributed by atoms with E-state index in [1.54, 1.807) is 12.1 Å². The van der Waals surface area contributed by atoms with E-state index in [2.05, 4.69) is 4.52 Å². The first-order valence-corrected chi connectivity index (χ1v) is 10.8. The molecule has 2 aromatic rings. The highest BCUT2D eigenvalue weighted by Gasteiger charge is 2.35. The second-order valence-corrected chi connectivity index (χ2v) is 8.18. The van der Waals surface area contributed by atoms with Crippen molar-refractivity contribution >= 4 is 20.3 Å². The lowest BCUT2D eigenvalue weighted by Gasteiger charge is -2.25. The summed E-state index contributed by atoms with van der Waals surface area (Å²) < 4.78 is 75.0. The zero-order chi connectivity index (χ0) is 23.8. The minimum absolute atomic E-state index is 0.0137. The third kappa shape index (κ3) is 7.67. The molecule has 0 aliphatic heterocycles. The number of aliphatic hydroxyl groups excluding tert-OH is 1. The molecule has 0 saturated carbocycles. The molecule has 0 fully saturated rings. The fourth-order valence-electron chi connectivity index (χ4n) is 3.01. The zero-order valence-electron chi connectivity index (χ0n) is 17.0. The lowest BCUT2D eigenvalue weighted by atomic mass is 9.93. The fraction of sp³-hybridized carbons (Fsp3) is 0.429. The molecule has 0 aromatic heterocycles. The van der Waals surface area contributed by atoms with Crippen molar-refractivity contribution in [1.29, 1.82) is 0 Å². The summed E-state index contributed by atoms with van der Waals surface area (Å²) in [7, 11) is -0.601. The van der Waals surface area contributed by atoms with E-state index in [1.165, 1.54) is 18.2 Å². The average molecular weight is 496 g/mol. The number of ether oxygens (including phenoxy) is 1. The van der Waals surface area contributed by atoms with Crippen molar-refractivity contribution in [2.45, 2.75) is 37.4 Å². The van der Waals surface area contributed by atoms with E-state index in [9.17, 15) is 27.2 Å². The van der Waals surface area contributed by atoms with Crippen LogP contribution >= 0.6 is 20.3 Å². The second kappa shape index (κ2) is 11.9. The molecule has 5 nitrogen and oxygen atoms in total. The van der Waals surface area contributed by atoms with E-state index >= 15 is 0 Å². The van der Waals surface area contributed by atoms with Crippen LogP contribution in [0.4, 0.5) is 17.6 Å². The van der Waals surface area contributed by atoms with Crippen LogP contribution < -0.4 is 10.5 Å². The number of benzene rings is 2. The van der Waals surface area contributed by atoms with Gasteiger partial charge in [0.15, 0.2) is 0 Å². The molecule has 176 valence electrons. The first-order valence-electron chi connectivity index (χ1n) is 9.70. The predicted octanol–water partition coefficient (Wildman–Crippen LogP) is 5.36. The SMILES string of the molecule is NC(CO)(CCc1ccc(OCCCc2cccc(Cl)c2F)c(C(F)(F)F)c1)COP=O. The normalized spacial score (nSPS) is 13.8. The summed E-state index contributed by atoms with van der Waals surface area (Å²) in [6.45, 7) is -0.741. The molecule has 0 spiro atoms. The summed E-state index contributed by atoms with van der Waals surface area (Å²) in [4.78, 5) is 0. The number of halogens is 5. The number of hydrogen-bond donors (Lipinski definition) is 2. The monoisotopic (exact) mass is 495 g/mol. The van der Waals surface area contributed by atoms with Crippen molar-refractivity contribution in [3.8, 4) is 5.75 Å². The quantitative estimate of drug-likeness (QED) is 0.235. The maximum absolute atomic E-state index is 13.9. The first-order chi connectivity index (χ1) is 15.1. The Balaban J connectivity index is 2.03. The van der Waals surface area contributed by atoms with E-state index in [-0.39, 0.29) is 43.2 Å². The van der Waals surface area contributed by atoms with Crippen LogP contribution in [0, 0.1) is 5.82 Å². The van der Waals surface area contributed by atoms with Gasteiger partial charge in [0.1, 0.15) is 11.6 Å². The van der Waals surface area contributed by atoms with Gasteiger partial charge < -0.3 is 15.6 Å². The molecule has 0 amide bonds. The van der Waals surface area contributed by atoms with Gasteiger partial charge in [-0.3, -0.25) is 4.52 Å². The van der Waals surface area contributed by atoms with Crippen LogP contribution in [0.3, 0.4) is 0 Å². The van der Waals surface area contributed by atoms with E-state index < -0.39 is 38.4 Å². The summed E-state index contributed by atoms with van der Waals surface area (Å²) in [5.41, 5.74) is 4.46. The molecular weight excluding hydrogens is 473 g/mol. The Kier molecular flexibility index (Phi) is 9.85. The molecule has 0 radical (unpaired) electrons. The van der Waals surface area contributed by atoms with Crippen LogP contribution in [0.15, 0.2) is 36.4 Å². The number of aryl methyl sites for hydroxylation is 2. The van der Waals surface area contributed by atoms with Gasteiger partial charge in [0.25, 0.3) is 0 Å². The molecule has 0 bridgehead atoms. The van der Waals surface area contributed by atoms with Crippen LogP contribution in [0.5, 0.6) is 5.75 Å². The highest BCUT2D eigenvalue weighted by molar-refractivity contribution is 7.17. The largest absolute Gasteiger partial charge is 0.493 e. The molecule has 0 heterocycles. The van der Waals surface area contributed by atoms with Crippen LogP contribution in [-0.4, -0.2) is 30.5 Å². The minimum atomic E-state index is -4.65. The molecule has 0 aliphatic carbocycles. The second-order valence-electron chi connectivity index (χ2n) is 7.36. The summed E-state index contributed by atoms with van der Waals surface area (Å²) in [6.07, 6.45) is -3.85. The molecule has 32 heavy (non-hydrogen) atoms. The Hall–Kier alpha value is -1.77. The van der Waals surface area contributed by atoms with E-state index in [0.29, 0.717) is 17.5 Å². The number of hydrogen-bond acceptors (Lipinski definition) is 5. The highest BCUT2D eigenvalue weighted by Crippen LogP contribution is 2.37. The maximum Gasteiger partial charge on any atom is 0.419 e. The van der Waals surface area contributed by atoms with Gasteiger partial charge in [0, 0.05) is 0 Å². The van der Waals surface area contributed by atoms with Gasteiger partial charge in [-0.05, 0) is 55.0 Å². The van der Waals surface area contributed by atoms with Gasteiger partial charge in [-0.2, -0.15) is 13.2 Å². The predicted molar refractivity (Wildman–Crippen MR) is 113 cm³/mol. The molecule has 11 heteroatoms. The van der Waals surface area contributed by atoms with Gasteiger partial charge >= 0.3 is 14.9 Å². The van der Waals surface area contributed by atoms with Gasteiger partial charge in [-0.15, -0.1) is 0 Å². The first kappa shape index (κ1) is 26.5. The number of nitrogens with two attached hydrogens (primary N) is 1. The summed E-state index contributed by atoms with van der Waals surface area (Å²) in [5, 5.41) is 9.40. The van der Waals surface area contributed by atoms with Crippen LogP contribution in [0.2, 0.25) is 5.02 Å². The van der Waals surface area contributed by atoms with Gasteiger partial charge in [0.2, 0.25) is 0 Å². The van der Waals surface area contributed by atoms with Crippen LogP contribution in [0.1, 0.15) is 29.5 Å². The molecule has 1 atom stereocenters. The molecule has 3 N–H and O–H groups in total. The molecule has 2 aromatic carbocycles. The van der Waals surface area contributed by atoms with Crippen molar-refractivity contribution in [3.63, 3.8) is 0 Å². The number of rotatable bonds is 12. The highest BCUT2D eigenvalue weighted by atomic mass is 35.5. The number of aliphatic hydroxyl groups is 1. The topological polar surface area (TPSA) is 81.8 Å². The zero-order valence-corrected chi connectivity index (χ0v) is 18.7. The lowest BCUT2D eigenvalue weighted by Crippen LogP contribution is -2.47. The van der Waals surface area contributed by atoms with Gasteiger partial charge in [0.05, 0.1) is 35.9 Å².